The lowest BCUT2D eigenvalue weighted by atomic mass is 10.0. The number of benzene rings is 2. The number of rotatable bonds is 3. The summed E-state index contributed by atoms with van der Waals surface area (Å²) in [5, 5.41) is 0. The SMILES string of the molecule is Cc1cc(CC(C)N)ccc1N1CCc2ccc(F)cc21. The Balaban J connectivity index is 1.94. The van der Waals surface area contributed by atoms with Crippen LogP contribution in [0.4, 0.5) is 15.8 Å². The molecule has 0 aliphatic carbocycles. The predicted octanol–water partition coefficient (Wildman–Crippen LogP) is 3.72. The van der Waals surface area contributed by atoms with E-state index < -0.39 is 0 Å². The highest BCUT2D eigenvalue weighted by molar-refractivity contribution is 5.72. The highest BCUT2D eigenvalue weighted by atomic mass is 19.1. The van der Waals surface area contributed by atoms with Crippen LogP contribution in [0, 0.1) is 12.7 Å². The molecule has 1 aliphatic heterocycles. The molecule has 21 heavy (non-hydrogen) atoms. The Bertz CT molecular complexity index is 664. The van der Waals surface area contributed by atoms with Crippen molar-refractivity contribution in [3.05, 3.63) is 58.9 Å². The van der Waals surface area contributed by atoms with Crippen LogP contribution in [0.1, 0.15) is 23.6 Å². The summed E-state index contributed by atoms with van der Waals surface area (Å²) in [6.07, 6.45) is 1.85. The van der Waals surface area contributed by atoms with Crippen molar-refractivity contribution in [3.8, 4) is 0 Å². The Hall–Kier alpha value is -1.87. The molecule has 0 bridgehead atoms. The van der Waals surface area contributed by atoms with Crippen LogP contribution in [0.15, 0.2) is 36.4 Å². The zero-order valence-corrected chi connectivity index (χ0v) is 12.6. The lowest BCUT2D eigenvalue weighted by Crippen LogP contribution is -2.18. The Morgan fingerprint density at radius 3 is 2.71 bits per heavy atom. The fraction of sp³-hybridized carbons (Fsp3) is 0.333. The van der Waals surface area contributed by atoms with Gasteiger partial charge in [-0.3, -0.25) is 0 Å². The van der Waals surface area contributed by atoms with E-state index in [2.05, 4.69) is 30.0 Å². The summed E-state index contributed by atoms with van der Waals surface area (Å²) in [6.45, 7) is 5.03. The van der Waals surface area contributed by atoms with Gasteiger partial charge in [0.05, 0.1) is 0 Å². The summed E-state index contributed by atoms with van der Waals surface area (Å²) < 4.78 is 13.5. The molecule has 2 aromatic carbocycles. The second-order valence-electron chi connectivity index (χ2n) is 5.98. The molecule has 0 saturated carbocycles. The van der Waals surface area contributed by atoms with E-state index in [1.807, 2.05) is 13.0 Å². The third-order valence-electron chi connectivity index (χ3n) is 4.05. The molecular formula is C18H21FN2. The molecule has 0 spiro atoms. The van der Waals surface area contributed by atoms with Crippen LogP contribution in [0.25, 0.3) is 0 Å². The van der Waals surface area contributed by atoms with E-state index in [9.17, 15) is 4.39 Å². The predicted molar refractivity (Wildman–Crippen MR) is 85.6 cm³/mol. The first-order chi connectivity index (χ1) is 10.0. The third kappa shape index (κ3) is 2.79. The van der Waals surface area contributed by atoms with Crippen molar-refractivity contribution in [1.82, 2.24) is 0 Å². The number of aryl methyl sites for hydroxylation is 1. The molecule has 1 atom stereocenters. The van der Waals surface area contributed by atoms with Crippen LogP contribution in [-0.2, 0) is 12.8 Å². The van der Waals surface area contributed by atoms with E-state index in [0.29, 0.717) is 0 Å². The van der Waals surface area contributed by atoms with Crippen molar-refractivity contribution >= 4 is 11.4 Å². The zero-order valence-electron chi connectivity index (χ0n) is 12.6. The summed E-state index contributed by atoms with van der Waals surface area (Å²) in [5.41, 5.74) is 11.7. The molecular weight excluding hydrogens is 263 g/mol. The lowest BCUT2D eigenvalue weighted by Gasteiger charge is -2.22. The van der Waals surface area contributed by atoms with Gasteiger partial charge in [0.2, 0.25) is 0 Å². The first-order valence-corrected chi connectivity index (χ1v) is 7.45. The minimum absolute atomic E-state index is 0.164. The average molecular weight is 284 g/mol. The molecule has 0 aromatic heterocycles. The smallest absolute Gasteiger partial charge is 0.125 e. The van der Waals surface area contributed by atoms with Gasteiger partial charge in [-0.25, -0.2) is 4.39 Å². The van der Waals surface area contributed by atoms with Gasteiger partial charge in [-0.1, -0.05) is 18.2 Å². The topological polar surface area (TPSA) is 29.3 Å². The molecule has 1 unspecified atom stereocenters. The van der Waals surface area contributed by atoms with Crippen molar-refractivity contribution in [2.45, 2.75) is 32.7 Å². The summed E-state index contributed by atoms with van der Waals surface area (Å²) in [5.74, 6) is -0.174. The number of nitrogens with zero attached hydrogens (tertiary/aromatic N) is 1. The number of hydrogen-bond acceptors (Lipinski definition) is 2. The highest BCUT2D eigenvalue weighted by Crippen LogP contribution is 2.36. The number of nitrogens with two attached hydrogens (primary N) is 1. The van der Waals surface area contributed by atoms with E-state index in [0.717, 1.165) is 30.8 Å². The monoisotopic (exact) mass is 284 g/mol. The van der Waals surface area contributed by atoms with E-state index in [4.69, 9.17) is 5.73 Å². The summed E-state index contributed by atoms with van der Waals surface area (Å²) >= 11 is 0. The van der Waals surface area contributed by atoms with Gasteiger partial charge in [0.15, 0.2) is 0 Å². The fourth-order valence-electron chi connectivity index (χ4n) is 3.12. The number of hydrogen-bond donors (Lipinski definition) is 1. The summed E-state index contributed by atoms with van der Waals surface area (Å²) in [4.78, 5) is 2.21. The molecule has 110 valence electrons. The molecule has 2 aromatic rings. The van der Waals surface area contributed by atoms with Crippen molar-refractivity contribution in [1.29, 1.82) is 0 Å². The lowest BCUT2D eigenvalue weighted by molar-refractivity contribution is 0.628. The molecule has 3 rings (SSSR count). The standard InChI is InChI=1S/C18H21FN2/c1-12-9-14(10-13(2)20)3-6-17(12)21-8-7-15-4-5-16(19)11-18(15)21/h3-6,9,11,13H,7-8,10,20H2,1-2H3. The Labute approximate surface area is 125 Å². The second kappa shape index (κ2) is 5.49. The molecule has 1 heterocycles. The van der Waals surface area contributed by atoms with Crippen LogP contribution >= 0.6 is 0 Å². The summed E-state index contributed by atoms with van der Waals surface area (Å²) in [6, 6.07) is 11.7. The first kappa shape index (κ1) is 14.1. The normalized spacial score (nSPS) is 15.1. The third-order valence-corrected chi connectivity index (χ3v) is 4.05. The van der Waals surface area contributed by atoms with E-state index in [1.165, 1.54) is 16.7 Å². The zero-order chi connectivity index (χ0) is 15.0. The highest BCUT2D eigenvalue weighted by Gasteiger charge is 2.22. The molecule has 0 amide bonds. The van der Waals surface area contributed by atoms with E-state index in [1.54, 1.807) is 12.1 Å². The fourth-order valence-corrected chi connectivity index (χ4v) is 3.12. The Morgan fingerprint density at radius 2 is 2.00 bits per heavy atom. The van der Waals surface area contributed by atoms with Gasteiger partial charge in [-0.2, -0.15) is 0 Å². The van der Waals surface area contributed by atoms with Crippen LogP contribution in [-0.4, -0.2) is 12.6 Å². The second-order valence-corrected chi connectivity index (χ2v) is 5.98. The molecule has 0 fully saturated rings. The van der Waals surface area contributed by atoms with Gasteiger partial charge >= 0.3 is 0 Å². The van der Waals surface area contributed by atoms with Crippen LogP contribution < -0.4 is 10.6 Å². The molecule has 2 nitrogen and oxygen atoms in total. The van der Waals surface area contributed by atoms with Crippen molar-refractivity contribution in [2.75, 3.05) is 11.4 Å². The quantitative estimate of drug-likeness (QED) is 0.930. The molecule has 0 saturated heterocycles. The maximum atomic E-state index is 13.5. The van der Waals surface area contributed by atoms with Crippen molar-refractivity contribution in [3.63, 3.8) is 0 Å². The van der Waals surface area contributed by atoms with E-state index in [-0.39, 0.29) is 11.9 Å². The average Bonchev–Trinajstić information content (AvgIpc) is 2.81. The van der Waals surface area contributed by atoms with Gasteiger partial charge in [0, 0.05) is 24.0 Å². The molecule has 2 N–H and O–H groups in total. The van der Waals surface area contributed by atoms with Crippen LogP contribution in [0.5, 0.6) is 0 Å². The largest absolute Gasteiger partial charge is 0.341 e. The van der Waals surface area contributed by atoms with Crippen LogP contribution in [0.3, 0.4) is 0 Å². The van der Waals surface area contributed by atoms with Gasteiger partial charge in [-0.05, 0) is 61.6 Å². The minimum atomic E-state index is -0.174. The molecule has 3 heteroatoms. The summed E-state index contributed by atoms with van der Waals surface area (Å²) in [7, 11) is 0. The number of anilines is 2. The van der Waals surface area contributed by atoms with Crippen molar-refractivity contribution in [2.24, 2.45) is 5.73 Å². The molecule has 0 radical (unpaired) electrons. The Morgan fingerprint density at radius 1 is 1.19 bits per heavy atom. The maximum absolute atomic E-state index is 13.5. The van der Waals surface area contributed by atoms with Gasteiger partial charge < -0.3 is 10.6 Å². The van der Waals surface area contributed by atoms with E-state index >= 15 is 0 Å². The minimum Gasteiger partial charge on any atom is -0.341 e. The number of fused-ring (bicyclic) bond motifs is 1. The maximum Gasteiger partial charge on any atom is 0.125 e. The number of halogens is 1. The van der Waals surface area contributed by atoms with Gasteiger partial charge in [0.1, 0.15) is 5.82 Å². The van der Waals surface area contributed by atoms with Crippen LogP contribution in [0.2, 0.25) is 0 Å². The first-order valence-electron chi connectivity index (χ1n) is 7.45. The van der Waals surface area contributed by atoms with Crippen molar-refractivity contribution < 1.29 is 4.39 Å². The Kier molecular flexibility index (Phi) is 3.68. The van der Waals surface area contributed by atoms with Gasteiger partial charge in [-0.15, -0.1) is 0 Å². The molecule has 1 aliphatic rings. The van der Waals surface area contributed by atoms with Gasteiger partial charge in [0.25, 0.3) is 0 Å².